The summed E-state index contributed by atoms with van der Waals surface area (Å²) in [6, 6.07) is 0. The largest absolute Gasteiger partial charge is 0.383 e. The molecule has 0 saturated heterocycles. The van der Waals surface area contributed by atoms with Gasteiger partial charge in [-0.1, -0.05) is 27.0 Å². The van der Waals surface area contributed by atoms with E-state index in [1.165, 1.54) is 0 Å². The molecule has 1 aromatic rings. The molecule has 1 heterocycles. The van der Waals surface area contributed by atoms with Gasteiger partial charge in [0, 0.05) is 25.1 Å². The van der Waals surface area contributed by atoms with E-state index in [0.29, 0.717) is 6.54 Å². The van der Waals surface area contributed by atoms with Gasteiger partial charge in [0.25, 0.3) is 0 Å². The van der Waals surface area contributed by atoms with Crippen molar-refractivity contribution >= 4 is 11.9 Å². The highest BCUT2D eigenvalue weighted by atomic mass is 15.1. The van der Waals surface area contributed by atoms with E-state index in [1.807, 2.05) is 10.8 Å². The molecule has 0 aromatic carbocycles. The zero-order valence-corrected chi connectivity index (χ0v) is 10.7. The molecule has 0 bridgehead atoms. The van der Waals surface area contributed by atoms with E-state index in [1.54, 1.807) is 12.4 Å². The van der Waals surface area contributed by atoms with Crippen molar-refractivity contribution in [2.75, 3.05) is 13.1 Å². The maximum atomic E-state index is 5.68. The van der Waals surface area contributed by atoms with Crippen molar-refractivity contribution in [1.29, 1.82) is 0 Å². The Labute approximate surface area is 103 Å². The number of nitrogens with one attached hydrogen (secondary N) is 1. The van der Waals surface area contributed by atoms with Crippen molar-refractivity contribution in [3.8, 4) is 0 Å². The monoisotopic (exact) mass is 234 g/mol. The number of hydrogen-bond donors (Lipinski definition) is 2. The van der Waals surface area contributed by atoms with Crippen LogP contribution in [0.5, 0.6) is 0 Å². The first-order valence-corrected chi connectivity index (χ1v) is 5.79. The molecule has 0 unspecified atom stereocenters. The van der Waals surface area contributed by atoms with Gasteiger partial charge in [-0.2, -0.15) is 0 Å². The first kappa shape index (κ1) is 13.5. The summed E-state index contributed by atoms with van der Waals surface area (Å²) in [5.41, 5.74) is 6.65. The normalized spacial score (nSPS) is 11.2. The zero-order valence-electron chi connectivity index (χ0n) is 10.7. The zero-order chi connectivity index (χ0) is 12.9. The van der Waals surface area contributed by atoms with Gasteiger partial charge in [0.15, 0.2) is 5.82 Å². The highest BCUT2D eigenvalue weighted by molar-refractivity contribution is 5.57. The minimum atomic E-state index is 0.154. The van der Waals surface area contributed by atoms with Crippen LogP contribution in [0.25, 0.3) is 11.9 Å². The van der Waals surface area contributed by atoms with Crippen LogP contribution >= 0.6 is 0 Å². The predicted octanol–water partition coefficient (Wildman–Crippen LogP) is 1.92. The first-order chi connectivity index (χ1) is 8.00. The Kier molecular flexibility index (Phi) is 4.52. The second-order valence-corrected chi connectivity index (χ2v) is 4.86. The van der Waals surface area contributed by atoms with E-state index >= 15 is 0 Å². The molecular formula is C13H22N4. The van der Waals surface area contributed by atoms with Crippen molar-refractivity contribution < 1.29 is 0 Å². The Morgan fingerprint density at radius 2 is 2.35 bits per heavy atom. The van der Waals surface area contributed by atoms with Gasteiger partial charge in [-0.15, -0.1) is 0 Å². The third kappa shape index (κ3) is 3.75. The van der Waals surface area contributed by atoms with Gasteiger partial charge < -0.3 is 15.6 Å². The van der Waals surface area contributed by atoms with Crippen LogP contribution in [0, 0.1) is 5.41 Å². The molecule has 0 aliphatic rings. The van der Waals surface area contributed by atoms with Crippen LogP contribution < -0.4 is 11.1 Å². The Hall–Kier alpha value is -1.55. The molecule has 4 nitrogen and oxygen atoms in total. The fourth-order valence-corrected chi connectivity index (χ4v) is 1.43. The molecule has 0 radical (unpaired) electrons. The second-order valence-electron chi connectivity index (χ2n) is 4.86. The third-order valence-corrected chi connectivity index (χ3v) is 2.83. The smallest absolute Gasteiger partial charge is 0.159 e. The second kappa shape index (κ2) is 5.68. The molecule has 0 atom stereocenters. The molecule has 0 aliphatic carbocycles. The average Bonchev–Trinajstić information content (AvgIpc) is 2.76. The number of hydrogen-bond acceptors (Lipinski definition) is 3. The van der Waals surface area contributed by atoms with Crippen LogP contribution in [-0.2, 0) is 0 Å². The molecule has 3 N–H and O–H groups in total. The average molecular weight is 234 g/mol. The third-order valence-electron chi connectivity index (χ3n) is 2.83. The number of rotatable bonds is 7. The fourth-order valence-electron chi connectivity index (χ4n) is 1.43. The van der Waals surface area contributed by atoms with Gasteiger partial charge in [0.1, 0.15) is 0 Å². The summed E-state index contributed by atoms with van der Waals surface area (Å²) >= 11 is 0. The van der Waals surface area contributed by atoms with Crippen LogP contribution in [-0.4, -0.2) is 22.6 Å². The standard InChI is InChI=1S/C13H22N4/c1-5-17-9-8-16-12(17)11(2)15-7-6-13(3,4)10-14/h5,8-9,15H,1-2,6-7,10,14H2,3-4H3. The van der Waals surface area contributed by atoms with Crippen LogP contribution in [0.1, 0.15) is 26.1 Å². The lowest BCUT2D eigenvalue weighted by Crippen LogP contribution is -2.28. The molecule has 0 saturated carbocycles. The van der Waals surface area contributed by atoms with Gasteiger partial charge in [0.05, 0.1) is 5.70 Å². The molecule has 0 spiro atoms. The summed E-state index contributed by atoms with van der Waals surface area (Å²) in [5.74, 6) is 0.797. The molecule has 17 heavy (non-hydrogen) atoms. The Bertz CT molecular complexity index is 390. The number of imidazole rings is 1. The van der Waals surface area contributed by atoms with E-state index in [2.05, 4.69) is 37.3 Å². The van der Waals surface area contributed by atoms with E-state index in [4.69, 9.17) is 5.73 Å². The van der Waals surface area contributed by atoms with Crippen molar-refractivity contribution in [2.24, 2.45) is 11.1 Å². The Balaban J connectivity index is 2.48. The first-order valence-electron chi connectivity index (χ1n) is 5.79. The van der Waals surface area contributed by atoms with Crippen molar-refractivity contribution in [1.82, 2.24) is 14.9 Å². The highest BCUT2D eigenvalue weighted by Gasteiger charge is 2.15. The van der Waals surface area contributed by atoms with Gasteiger partial charge in [-0.05, 0) is 18.4 Å². The van der Waals surface area contributed by atoms with Gasteiger partial charge in [-0.3, -0.25) is 0 Å². The molecule has 0 aliphatic heterocycles. The molecule has 94 valence electrons. The summed E-state index contributed by atoms with van der Waals surface area (Å²) in [4.78, 5) is 4.23. The topological polar surface area (TPSA) is 55.9 Å². The van der Waals surface area contributed by atoms with E-state index in [0.717, 1.165) is 24.5 Å². The summed E-state index contributed by atoms with van der Waals surface area (Å²) < 4.78 is 1.84. The van der Waals surface area contributed by atoms with E-state index < -0.39 is 0 Å². The van der Waals surface area contributed by atoms with Crippen LogP contribution in [0.3, 0.4) is 0 Å². The lowest BCUT2D eigenvalue weighted by Gasteiger charge is -2.22. The quantitative estimate of drug-likeness (QED) is 0.758. The van der Waals surface area contributed by atoms with E-state index in [-0.39, 0.29) is 5.41 Å². The number of aromatic nitrogens is 2. The lowest BCUT2D eigenvalue weighted by molar-refractivity contribution is 0.347. The van der Waals surface area contributed by atoms with Crippen LogP contribution in [0.4, 0.5) is 0 Å². The summed E-state index contributed by atoms with van der Waals surface area (Å²) in [7, 11) is 0. The molecular weight excluding hydrogens is 212 g/mol. The van der Waals surface area contributed by atoms with Crippen molar-refractivity contribution in [2.45, 2.75) is 20.3 Å². The lowest BCUT2D eigenvalue weighted by atomic mass is 9.90. The Morgan fingerprint density at radius 1 is 1.65 bits per heavy atom. The van der Waals surface area contributed by atoms with Gasteiger partial charge >= 0.3 is 0 Å². The molecule has 4 heteroatoms. The van der Waals surface area contributed by atoms with Crippen molar-refractivity contribution in [3.63, 3.8) is 0 Å². The summed E-state index contributed by atoms with van der Waals surface area (Å²) in [6.45, 7) is 13.5. The minimum Gasteiger partial charge on any atom is -0.383 e. The molecule has 1 aromatic heterocycles. The number of nitrogens with two attached hydrogens (primary N) is 1. The fraction of sp³-hybridized carbons (Fsp3) is 0.462. The molecule has 1 rings (SSSR count). The van der Waals surface area contributed by atoms with Gasteiger partial charge in [-0.25, -0.2) is 4.98 Å². The SMILES string of the molecule is C=Cn1ccnc1C(=C)NCCC(C)(C)CN. The van der Waals surface area contributed by atoms with Crippen LogP contribution in [0.15, 0.2) is 25.6 Å². The molecule has 0 fully saturated rings. The maximum Gasteiger partial charge on any atom is 0.159 e. The van der Waals surface area contributed by atoms with Crippen molar-refractivity contribution in [3.05, 3.63) is 31.4 Å². The highest BCUT2D eigenvalue weighted by Crippen LogP contribution is 2.17. The van der Waals surface area contributed by atoms with Gasteiger partial charge in [0.2, 0.25) is 0 Å². The summed E-state index contributed by atoms with van der Waals surface area (Å²) in [5, 5.41) is 3.27. The number of nitrogens with zero attached hydrogens (tertiary/aromatic N) is 2. The predicted molar refractivity (Wildman–Crippen MR) is 73.1 cm³/mol. The minimum absolute atomic E-state index is 0.154. The Morgan fingerprint density at radius 3 is 2.94 bits per heavy atom. The maximum absolute atomic E-state index is 5.68. The van der Waals surface area contributed by atoms with Crippen LogP contribution in [0.2, 0.25) is 0 Å². The van der Waals surface area contributed by atoms with E-state index in [9.17, 15) is 0 Å². The summed E-state index contributed by atoms with van der Waals surface area (Å²) in [6.07, 6.45) is 6.28. The molecule has 0 amide bonds.